The first kappa shape index (κ1) is 15.8. The van der Waals surface area contributed by atoms with Crippen molar-refractivity contribution in [1.82, 2.24) is 15.1 Å². The standard InChI is InChI=1S/C16H30N4/c1-3-8-18-16(2,14-17)7-5-9-19-11-12-20-10-4-6-15(20)13-19/h15,18H,3-13H2,1-2H3. The summed E-state index contributed by atoms with van der Waals surface area (Å²) < 4.78 is 0. The van der Waals surface area contributed by atoms with E-state index in [2.05, 4.69) is 28.1 Å². The van der Waals surface area contributed by atoms with Gasteiger partial charge in [-0.05, 0) is 58.7 Å². The predicted molar refractivity (Wildman–Crippen MR) is 82.6 cm³/mol. The van der Waals surface area contributed by atoms with Crippen LogP contribution in [0.15, 0.2) is 0 Å². The van der Waals surface area contributed by atoms with Crippen LogP contribution in [0.3, 0.4) is 0 Å². The second-order valence-electron chi connectivity index (χ2n) is 6.61. The Kier molecular flexibility index (Phi) is 5.83. The lowest BCUT2D eigenvalue weighted by Gasteiger charge is -2.37. The minimum atomic E-state index is -0.342. The number of rotatable bonds is 7. The van der Waals surface area contributed by atoms with E-state index in [0.717, 1.165) is 38.4 Å². The summed E-state index contributed by atoms with van der Waals surface area (Å²) in [5.41, 5.74) is -0.342. The smallest absolute Gasteiger partial charge is 0.103 e. The predicted octanol–water partition coefficient (Wildman–Crippen LogP) is 1.83. The fourth-order valence-electron chi connectivity index (χ4n) is 3.50. The van der Waals surface area contributed by atoms with Gasteiger partial charge in [0.2, 0.25) is 0 Å². The van der Waals surface area contributed by atoms with Crippen LogP contribution in [0.1, 0.15) is 46.0 Å². The molecule has 0 aromatic heterocycles. The third-order valence-electron chi connectivity index (χ3n) is 4.83. The van der Waals surface area contributed by atoms with Gasteiger partial charge in [-0.25, -0.2) is 0 Å². The van der Waals surface area contributed by atoms with Crippen LogP contribution in [-0.4, -0.2) is 60.6 Å². The van der Waals surface area contributed by atoms with Crippen molar-refractivity contribution in [1.29, 1.82) is 5.26 Å². The summed E-state index contributed by atoms with van der Waals surface area (Å²) in [6.45, 7) is 11.3. The largest absolute Gasteiger partial charge is 0.301 e. The van der Waals surface area contributed by atoms with Crippen LogP contribution in [0.25, 0.3) is 0 Å². The molecular weight excluding hydrogens is 248 g/mol. The van der Waals surface area contributed by atoms with Crippen LogP contribution >= 0.6 is 0 Å². The van der Waals surface area contributed by atoms with Crippen LogP contribution in [0, 0.1) is 11.3 Å². The maximum Gasteiger partial charge on any atom is 0.103 e. The molecule has 0 bridgehead atoms. The van der Waals surface area contributed by atoms with Gasteiger partial charge in [0.15, 0.2) is 0 Å². The molecule has 20 heavy (non-hydrogen) atoms. The van der Waals surface area contributed by atoms with E-state index in [1.165, 1.54) is 39.0 Å². The molecule has 0 spiro atoms. The van der Waals surface area contributed by atoms with E-state index >= 15 is 0 Å². The summed E-state index contributed by atoms with van der Waals surface area (Å²) in [6, 6.07) is 3.26. The van der Waals surface area contributed by atoms with Crippen molar-refractivity contribution in [2.45, 2.75) is 57.5 Å². The van der Waals surface area contributed by atoms with Gasteiger partial charge in [0.1, 0.15) is 5.54 Å². The van der Waals surface area contributed by atoms with Crippen molar-refractivity contribution in [3.05, 3.63) is 0 Å². The molecule has 2 heterocycles. The lowest BCUT2D eigenvalue weighted by Crippen LogP contribution is -2.50. The third kappa shape index (κ3) is 4.18. The second kappa shape index (κ2) is 7.40. The van der Waals surface area contributed by atoms with Crippen LogP contribution in [0.4, 0.5) is 0 Å². The first-order valence-corrected chi connectivity index (χ1v) is 8.29. The molecule has 4 nitrogen and oxygen atoms in total. The summed E-state index contributed by atoms with van der Waals surface area (Å²) in [5, 5.41) is 12.7. The number of hydrogen-bond donors (Lipinski definition) is 1. The number of nitrogens with one attached hydrogen (secondary N) is 1. The first-order chi connectivity index (χ1) is 9.67. The summed E-state index contributed by atoms with van der Waals surface area (Å²) in [7, 11) is 0. The minimum Gasteiger partial charge on any atom is -0.301 e. The van der Waals surface area contributed by atoms with Crippen LogP contribution < -0.4 is 5.32 Å². The zero-order valence-electron chi connectivity index (χ0n) is 13.2. The number of hydrogen-bond acceptors (Lipinski definition) is 4. The lowest BCUT2D eigenvalue weighted by atomic mass is 9.97. The molecule has 0 amide bonds. The summed E-state index contributed by atoms with van der Waals surface area (Å²) >= 11 is 0. The first-order valence-electron chi connectivity index (χ1n) is 8.29. The molecule has 2 saturated heterocycles. The van der Waals surface area contributed by atoms with E-state index in [4.69, 9.17) is 0 Å². The van der Waals surface area contributed by atoms with Gasteiger partial charge in [-0.15, -0.1) is 0 Å². The molecule has 2 aliphatic heterocycles. The van der Waals surface area contributed by atoms with Gasteiger partial charge in [-0.3, -0.25) is 10.2 Å². The molecule has 2 rings (SSSR count). The van der Waals surface area contributed by atoms with Gasteiger partial charge in [-0.1, -0.05) is 6.92 Å². The molecule has 0 radical (unpaired) electrons. The molecule has 4 heteroatoms. The van der Waals surface area contributed by atoms with Crippen molar-refractivity contribution in [2.24, 2.45) is 0 Å². The van der Waals surface area contributed by atoms with Crippen molar-refractivity contribution in [2.75, 3.05) is 39.3 Å². The molecule has 1 N–H and O–H groups in total. The quantitative estimate of drug-likeness (QED) is 0.771. The number of nitriles is 1. The summed E-state index contributed by atoms with van der Waals surface area (Å²) in [6.07, 6.45) is 5.92. The molecule has 0 aromatic carbocycles. The van der Waals surface area contributed by atoms with Crippen molar-refractivity contribution in [3.8, 4) is 6.07 Å². The average molecular weight is 278 g/mol. The molecule has 0 saturated carbocycles. The van der Waals surface area contributed by atoms with Crippen LogP contribution in [-0.2, 0) is 0 Å². The molecule has 2 atom stereocenters. The Morgan fingerprint density at radius 1 is 1.35 bits per heavy atom. The maximum atomic E-state index is 9.34. The summed E-state index contributed by atoms with van der Waals surface area (Å²) in [4.78, 5) is 5.25. The molecule has 2 unspecified atom stereocenters. The van der Waals surface area contributed by atoms with E-state index in [-0.39, 0.29) is 5.54 Å². The van der Waals surface area contributed by atoms with Gasteiger partial charge in [0.25, 0.3) is 0 Å². The van der Waals surface area contributed by atoms with E-state index in [1.807, 2.05) is 6.92 Å². The number of nitrogens with zero attached hydrogens (tertiary/aromatic N) is 3. The Bertz CT molecular complexity index is 338. The van der Waals surface area contributed by atoms with E-state index in [9.17, 15) is 5.26 Å². The van der Waals surface area contributed by atoms with Crippen LogP contribution in [0.5, 0.6) is 0 Å². The highest BCUT2D eigenvalue weighted by Gasteiger charge is 2.30. The Balaban J connectivity index is 1.68. The van der Waals surface area contributed by atoms with E-state index in [1.54, 1.807) is 0 Å². The average Bonchev–Trinajstić information content (AvgIpc) is 2.93. The minimum absolute atomic E-state index is 0.342. The number of fused-ring (bicyclic) bond motifs is 1. The Hall–Kier alpha value is -0.630. The molecule has 2 fully saturated rings. The highest BCUT2D eigenvalue weighted by Crippen LogP contribution is 2.22. The molecule has 114 valence electrons. The van der Waals surface area contributed by atoms with Crippen molar-refractivity contribution in [3.63, 3.8) is 0 Å². The van der Waals surface area contributed by atoms with Gasteiger partial charge in [-0.2, -0.15) is 5.26 Å². The Morgan fingerprint density at radius 3 is 2.95 bits per heavy atom. The fraction of sp³-hybridized carbons (Fsp3) is 0.938. The Morgan fingerprint density at radius 2 is 2.20 bits per heavy atom. The highest BCUT2D eigenvalue weighted by molar-refractivity contribution is 5.03. The van der Waals surface area contributed by atoms with Gasteiger partial charge in [0.05, 0.1) is 6.07 Å². The van der Waals surface area contributed by atoms with Crippen LogP contribution in [0.2, 0.25) is 0 Å². The van der Waals surface area contributed by atoms with Gasteiger partial charge >= 0.3 is 0 Å². The van der Waals surface area contributed by atoms with E-state index < -0.39 is 0 Å². The zero-order chi connectivity index (χ0) is 14.4. The SMILES string of the molecule is CCCNC(C)(C#N)CCCN1CCN2CCCC2C1. The molecule has 0 aromatic rings. The highest BCUT2D eigenvalue weighted by atomic mass is 15.3. The lowest BCUT2D eigenvalue weighted by molar-refractivity contribution is 0.102. The zero-order valence-corrected chi connectivity index (χ0v) is 13.2. The Labute approximate surface area is 124 Å². The fourth-order valence-corrected chi connectivity index (χ4v) is 3.50. The molecular formula is C16H30N4. The third-order valence-corrected chi connectivity index (χ3v) is 4.83. The summed E-state index contributed by atoms with van der Waals surface area (Å²) in [5.74, 6) is 0. The molecule has 2 aliphatic rings. The van der Waals surface area contributed by atoms with Gasteiger partial charge in [0, 0.05) is 25.7 Å². The van der Waals surface area contributed by atoms with E-state index in [0.29, 0.717) is 0 Å². The van der Waals surface area contributed by atoms with Crippen molar-refractivity contribution < 1.29 is 0 Å². The second-order valence-corrected chi connectivity index (χ2v) is 6.61. The number of piperazine rings is 1. The topological polar surface area (TPSA) is 42.3 Å². The normalized spacial score (nSPS) is 26.9. The maximum absolute atomic E-state index is 9.34. The van der Waals surface area contributed by atoms with Crippen molar-refractivity contribution >= 4 is 0 Å². The van der Waals surface area contributed by atoms with Gasteiger partial charge < -0.3 is 4.90 Å². The molecule has 0 aliphatic carbocycles. The monoisotopic (exact) mass is 278 g/mol.